The molecular formula is C19H22N4S2. The lowest BCUT2D eigenvalue weighted by atomic mass is 10.1. The van der Waals surface area contributed by atoms with Crippen molar-refractivity contribution in [3.63, 3.8) is 0 Å². The van der Waals surface area contributed by atoms with Crippen molar-refractivity contribution in [3.8, 4) is 11.4 Å². The van der Waals surface area contributed by atoms with E-state index in [-0.39, 0.29) is 0 Å². The molecule has 0 saturated carbocycles. The van der Waals surface area contributed by atoms with Crippen molar-refractivity contribution in [1.82, 2.24) is 19.7 Å². The smallest absolute Gasteiger partial charge is 0.192 e. The van der Waals surface area contributed by atoms with E-state index in [0.717, 1.165) is 28.0 Å². The largest absolute Gasteiger partial charge is 0.298 e. The molecule has 0 bridgehead atoms. The van der Waals surface area contributed by atoms with E-state index in [0.29, 0.717) is 12.5 Å². The van der Waals surface area contributed by atoms with E-state index >= 15 is 0 Å². The van der Waals surface area contributed by atoms with Gasteiger partial charge in [0, 0.05) is 29.2 Å². The van der Waals surface area contributed by atoms with Gasteiger partial charge < -0.3 is 0 Å². The highest BCUT2D eigenvalue weighted by Crippen LogP contribution is 2.28. The summed E-state index contributed by atoms with van der Waals surface area (Å²) in [4.78, 5) is 4.70. The SMILES string of the molecule is C=CCn1c(SCc2csc(C(C)C)n2)nnc1-c1cccc(C)c1. The highest BCUT2D eigenvalue weighted by Gasteiger charge is 2.14. The summed E-state index contributed by atoms with van der Waals surface area (Å²) in [6.07, 6.45) is 1.88. The molecule has 4 nitrogen and oxygen atoms in total. The Hall–Kier alpha value is -1.92. The molecule has 6 heteroatoms. The summed E-state index contributed by atoms with van der Waals surface area (Å²) in [5.41, 5.74) is 3.39. The van der Waals surface area contributed by atoms with Crippen LogP contribution >= 0.6 is 23.1 Å². The lowest BCUT2D eigenvalue weighted by molar-refractivity contribution is 0.731. The van der Waals surface area contributed by atoms with Crippen LogP contribution in [-0.4, -0.2) is 19.7 Å². The van der Waals surface area contributed by atoms with Crippen molar-refractivity contribution >= 4 is 23.1 Å². The normalized spacial score (nSPS) is 11.2. The van der Waals surface area contributed by atoms with E-state index < -0.39 is 0 Å². The molecule has 0 aliphatic carbocycles. The van der Waals surface area contributed by atoms with Crippen LogP contribution in [0.1, 0.15) is 36.0 Å². The van der Waals surface area contributed by atoms with Gasteiger partial charge in [-0.2, -0.15) is 0 Å². The number of nitrogens with zero attached hydrogens (tertiary/aromatic N) is 4. The van der Waals surface area contributed by atoms with Crippen molar-refractivity contribution in [2.24, 2.45) is 0 Å². The van der Waals surface area contributed by atoms with Crippen LogP contribution < -0.4 is 0 Å². The third-order valence-electron chi connectivity index (χ3n) is 3.72. The van der Waals surface area contributed by atoms with Gasteiger partial charge in [-0.15, -0.1) is 28.1 Å². The van der Waals surface area contributed by atoms with Crippen LogP contribution in [0.15, 0.2) is 47.5 Å². The number of hydrogen-bond donors (Lipinski definition) is 0. The Kier molecular flexibility index (Phi) is 5.71. The van der Waals surface area contributed by atoms with Crippen LogP contribution in [0, 0.1) is 6.92 Å². The second kappa shape index (κ2) is 7.97. The van der Waals surface area contributed by atoms with Crippen molar-refractivity contribution in [3.05, 3.63) is 58.6 Å². The number of aryl methyl sites for hydroxylation is 1. The van der Waals surface area contributed by atoms with Gasteiger partial charge in [-0.25, -0.2) is 4.98 Å². The summed E-state index contributed by atoms with van der Waals surface area (Å²) in [6.45, 7) is 11.0. The lowest BCUT2D eigenvalue weighted by Crippen LogP contribution is -2.01. The molecule has 0 aliphatic rings. The minimum atomic E-state index is 0.473. The minimum Gasteiger partial charge on any atom is -0.298 e. The second-order valence-electron chi connectivity index (χ2n) is 6.20. The lowest BCUT2D eigenvalue weighted by Gasteiger charge is -2.07. The van der Waals surface area contributed by atoms with Crippen LogP contribution in [0.2, 0.25) is 0 Å². The van der Waals surface area contributed by atoms with Gasteiger partial charge in [0.05, 0.1) is 10.7 Å². The highest BCUT2D eigenvalue weighted by atomic mass is 32.2. The van der Waals surface area contributed by atoms with Crippen LogP contribution in [0.3, 0.4) is 0 Å². The Morgan fingerprint density at radius 2 is 2.16 bits per heavy atom. The number of hydrogen-bond acceptors (Lipinski definition) is 5. The topological polar surface area (TPSA) is 43.6 Å². The molecule has 25 heavy (non-hydrogen) atoms. The maximum Gasteiger partial charge on any atom is 0.192 e. The molecule has 0 fully saturated rings. The van der Waals surface area contributed by atoms with Gasteiger partial charge in [0.2, 0.25) is 0 Å². The van der Waals surface area contributed by atoms with Crippen molar-refractivity contribution in [2.75, 3.05) is 0 Å². The third kappa shape index (κ3) is 4.19. The first-order valence-electron chi connectivity index (χ1n) is 8.26. The van der Waals surface area contributed by atoms with Gasteiger partial charge in [0.15, 0.2) is 11.0 Å². The molecule has 0 amide bonds. The maximum atomic E-state index is 4.70. The minimum absolute atomic E-state index is 0.473. The first kappa shape index (κ1) is 17.9. The van der Waals surface area contributed by atoms with E-state index in [2.05, 4.69) is 65.7 Å². The molecule has 3 rings (SSSR count). The van der Waals surface area contributed by atoms with Crippen LogP contribution in [0.5, 0.6) is 0 Å². The van der Waals surface area contributed by atoms with Gasteiger partial charge >= 0.3 is 0 Å². The van der Waals surface area contributed by atoms with Crippen molar-refractivity contribution < 1.29 is 0 Å². The molecule has 0 aliphatic heterocycles. The quantitative estimate of drug-likeness (QED) is 0.417. The van der Waals surface area contributed by atoms with E-state index in [1.165, 1.54) is 10.6 Å². The molecule has 2 heterocycles. The fourth-order valence-electron chi connectivity index (χ4n) is 2.48. The van der Waals surface area contributed by atoms with Crippen LogP contribution in [0.25, 0.3) is 11.4 Å². The highest BCUT2D eigenvalue weighted by molar-refractivity contribution is 7.98. The predicted molar refractivity (Wildman–Crippen MR) is 106 cm³/mol. The molecule has 0 radical (unpaired) electrons. The standard InChI is InChI=1S/C19H22N4S2/c1-5-9-23-17(15-8-6-7-14(4)10-15)21-22-19(23)25-12-16-11-24-18(20-16)13(2)3/h5-8,10-11,13H,1,9,12H2,2-4H3. The molecule has 0 unspecified atom stereocenters. The Morgan fingerprint density at radius 3 is 2.84 bits per heavy atom. The number of thioether (sulfide) groups is 1. The van der Waals surface area contributed by atoms with Crippen molar-refractivity contribution in [1.29, 1.82) is 0 Å². The first-order chi connectivity index (χ1) is 12.1. The average Bonchev–Trinajstić information content (AvgIpc) is 3.20. The zero-order valence-corrected chi connectivity index (χ0v) is 16.4. The Bertz CT molecular complexity index is 864. The third-order valence-corrected chi connectivity index (χ3v) is 5.91. The number of rotatable bonds is 7. The molecule has 0 spiro atoms. The molecule has 0 atom stereocenters. The molecule has 0 saturated heterocycles. The van der Waals surface area contributed by atoms with E-state index in [4.69, 9.17) is 4.98 Å². The number of aromatic nitrogens is 4. The predicted octanol–water partition coefficient (Wildman–Crippen LogP) is 5.31. The molecule has 2 aromatic heterocycles. The summed E-state index contributed by atoms with van der Waals surface area (Å²) >= 11 is 3.40. The van der Waals surface area contributed by atoms with Crippen LogP contribution in [-0.2, 0) is 12.3 Å². The summed E-state index contributed by atoms with van der Waals surface area (Å²) in [5, 5.41) is 13.0. The molecular weight excluding hydrogens is 348 g/mol. The van der Waals surface area contributed by atoms with E-state index in [1.54, 1.807) is 23.1 Å². The molecule has 130 valence electrons. The number of allylic oxidation sites excluding steroid dienone is 1. The Balaban J connectivity index is 1.82. The summed E-state index contributed by atoms with van der Waals surface area (Å²) < 4.78 is 2.11. The summed E-state index contributed by atoms with van der Waals surface area (Å²) in [5.74, 6) is 2.15. The molecule has 1 aromatic carbocycles. The fourth-order valence-corrected chi connectivity index (χ4v) is 4.26. The van der Waals surface area contributed by atoms with Gasteiger partial charge in [-0.1, -0.05) is 55.4 Å². The first-order valence-corrected chi connectivity index (χ1v) is 10.1. The van der Waals surface area contributed by atoms with Crippen LogP contribution in [0.4, 0.5) is 0 Å². The number of benzene rings is 1. The molecule has 0 N–H and O–H groups in total. The Labute approximate surface area is 157 Å². The van der Waals surface area contributed by atoms with Crippen molar-refractivity contribution in [2.45, 2.75) is 44.1 Å². The van der Waals surface area contributed by atoms with E-state index in [9.17, 15) is 0 Å². The zero-order valence-electron chi connectivity index (χ0n) is 14.8. The van der Waals surface area contributed by atoms with Gasteiger partial charge in [0.1, 0.15) is 0 Å². The summed E-state index contributed by atoms with van der Waals surface area (Å²) in [6, 6.07) is 8.34. The fraction of sp³-hybridized carbons (Fsp3) is 0.316. The summed E-state index contributed by atoms with van der Waals surface area (Å²) in [7, 11) is 0. The monoisotopic (exact) mass is 370 g/mol. The second-order valence-corrected chi connectivity index (χ2v) is 8.03. The maximum absolute atomic E-state index is 4.70. The average molecular weight is 371 g/mol. The van der Waals surface area contributed by atoms with Gasteiger partial charge in [-0.3, -0.25) is 4.57 Å². The van der Waals surface area contributed by atoms with E-state index in [1.807, 2.05) is 12.1 Å². The zero-order chi connectivity index (χ0) is 17.8. The number of thiazole rings is 1. The molecule has 3 aromatic rings. The van der Waals surface area contributed by atoms with Gasteiger partial charge in [-0.05, 0) is 13.0 Å². The van der Waals surface area contributed by atoms with Gasteiger partial charge in [0.25, 0.3) is 0 Å². The Morgan fingerprint density at radius 1 is 1.32 bits per heavy atom.